The Morgan fingerprint density at radius 2 is 1.80 bits per heavy atom. The highest BCUT2D eigenvalue weighted by Gasteiger charge is 2.25. The third kappa shape index (κ3) is 4.55. The van der Waals surface area contributed by atoms with E-state index in [0.29, 0.717) is 0 Å². The number of phenols is 1. The van der Waals surface area contributed by atoms with Gasteiger partial charge in [0.1, 0.15) is 11.8 Å². The van der Waals surface area contributed by atoms with E-state index in [0.717, 1.165) is 5.56 Å². The first-order valence-corrected chi connectivity index (χ1v) is 6.38. The monoisotopic (exact) mass is 280 g/mol. The molecule has 1 aromatic rings. The summed E-state index contributed by atoms with van der Waals surface area (Å²) in [6, 6.07) is 4.56. The number of aliphatic carboxylic acids is 1. The predicted octanol–water partition coefficient (Wildman–Crippen LogP) is 0.487. The van der Waals surface area contributed by atoms with Gasteiger partial charge in [-0.05, 0) is 30.0 Å². The number of amides is 1. The molecule has 2 atom stereocenters. The molecule has 6 nitrogen and oxygen atoms in total. The van der Waals surface area contributed by atoms with Gasteiger partial charge < -0.3 is 21.3 Å². The lowest BCUT2D eigenvalue weighted by Gasteiger charge is -2.20. The van der Waals surface area contributed by atoms with E-state index in [9.17, 15) is 9.59 Å². The van der Waals surface area contributed by atoms with E-state index < -0.39 is 24.0 Å². The van der Waals surface area contributed by atoms with E-state index >= 15 is 0 Å². The fraction of sp³-hybridized carbons (Fsp3) is 0.429. The molecule has 1 amide bonds. The molecule has 0 aromatic heterocycles. The molecule has 0 aliphatic carbocycles. The van der Waals surface area contributed by atoms with Gasteiger partial charge in [0.25, 0.3) is 0 Å². The quantitative estimate of drug-likeness (QED) is 0.605. The molecule has 0 aliphatic rings. The van der Waals surface area contributed by atoms with E-state index in [1.165, 1.54) is 12.1 Å². The summed E-state index contributed by atoms with van der Waals surface area (Å²) in [5.41, 5.74) is 6.56. The number of nitrogens with two attached hydrogens (primary N) is 1. The van der Waals surface area contributed by atoms with Gasteiger partial charge in [0.2, 0.25) is 5.91 Å². The van der Waals surface area contributed by atoms with Crippen molar-refractivity contribution in [3.8, 4) is 5.75 Å². The number of hydrogen-bond donors (Lipinski definition) is 4. The Kier molecular flexibility index (Phi) is 5.52. The third-order valence-corrected chi connectivity index (χ3v) is 2.96. The number of benzene rings is 1. The molecule has 1 aromatic carbocycles. The van der Waals surface area contributed by atoms with Gasteiger partial charge >= 0.3 is 5.97 Å². The molecule has 0 aliphatic heterocycles. The summed E-state index contributed by atoms with van der Waals surface area (Å²) < 4.78 is 0. The Morgan fingerprint density at radius 1 is 1.25 bits per heavy atom. The van der Waals surface area contributed by atoms with E-state index in [-0.39, 0.29) is 18.1 Å². The van der Waals surface area contributed by atoms with Crippen molar-refractivity contribution in [2.45, 2.75) is 32.4 Å². The first-order valence-electron chi connectivity index (χ1n) is 6.38. The number of aromatic hydroxyl groups is 1. The molecular formula is C14H20N2O4. The molecule has 110 valence electrons. The van der Waals surface area contributed by atoms with Crippen LogP contribution in [0, 0.1) is 5.92 Å². The molecule has 0 saturated heterocycles. The van der Waals surface area contributed by atoms with Gasteiger partial charge in [-0.1, -0.05) is 26.0 Å². The minimum absolute atomic E-state index is 0.137. The maximum absolute atomic E-state index is 11.9. The minimum atomic E-state index is -1.08. The van der Waals surface area contributed by atoms with Gasteiger partial charge in [0.15, 0.2) is 0 Å². The number of carboxylic acids is 1. The van der Waals surface area contributed by atoms with Crippen LogP contribution in [0.5, 0.6) is 5.75 Å². The smallest absolute Gasteiger partial charge is 0.326 e. The van der Waals surface area contributed by atoms with Crippen molar-refractivity contribution >= 4 is 11.9 Å². The molecule has 0 heterocycles. The SMILES string of the molecule is CC(C)C(NC(=O)[C@H](N)Cc1ccc(O)cc1)C(=O)O. The van der Waals surface area contributed by atoms with Crippen LogP contribution in [0.4, 0.5) is 0 Å². The molecule has 0 fully saturated rings. The van der Waals surface area contributed by atoms with Gasteiger partial charge in [-0.3, -0.25) is 4.79 Å². The van der Waals surface area contributed by atoms with Crippen molar-refractivity contribution in [3.63, 3.8) is 0 Å². The van der Waals surface area contributed by atoms with Crippen LogP contribution in [0.2, 0.25) is 0 Å². The number of carboxylic acid groups (broad SMARTS) is 1. The maximum Gasteiger partial charge on any atom is 0.326 e. The average molecular weight is 280 g/mol. The number of phenolic OH excluding ortho intramolecular Hbond substituents is 1. The van der Waals surface area contributed by atoms with Crippen LogP contribution >= 0.6 is 0 Å². The molecular weight excluding hydrogens is 260 g/mol. The maximum atomic E-state index is 11.9. The molecule has 1 rings (SSSR count). The molecule has 20 heavy (non-hydrogen) atoms. The molecule has 1 unspecified atom stereocenters. The van der Waals surface area contributed by atoms with Crippen molar-refractivity contribution in [1.29, 1.82) is 0 Å². The Bertz CT molecular complexity index is 471. The van der Waals surface area contributed by atoms with Crippen molar-refractivity contribution < 1.29 is 19.8 Å². The van der Waals surface area contributed by atoms with Gasteiger partial charge in [-0.25, -0.2) is 4.79 Å². The second kappa shape index (κ2) is 6.91. The van der Waals surface area contributed by atoms with Gasteiger partial charge in [0.05, 0.1) is 6.04 Å². The number of rotatable bonds is 6. The highest BCUT2D eigenvalue weighted by atomic mass is 16.4. The number of carbonyl (C=O) groups is 2. The lowest BCUT2D eigenvalue weighted by Crippen LogP contribution is -2.51. The summed E-state index contributed by atoms with van der Waals surface area (Å²) in [5.74, 6) is -1.67. The largest absolute Gasteiger partial charge is 0.508 e. The fourth-order valence-electron chi connectivity index (χ4n) is 1.75. The van der Waals surface area contributed by atoms with Crippen LogP contribution in [0.25, 0.3) is 0 Å². The van der Waals surface area contributed by atoms with Crippen molar-refractivity contribution in [2.24, 2.45) is 11.7 Å². The van der Waals surface area contributed by atoms with Crippen LogP contribution in [0.1, 0.15) is 19.4 Å². The Balaban J connectivity index is 2.62. The third-order valence-electron chi connectivity index (χ3n) is 2.96. The van der Waals surface area contributed by atoms with Crippen LogP contribution in [-0.4, -0.2) is 34.2 Å². The summed E-state index contributed by atoms with van der Waals surface area (Å²) >= 11 is 0. The second-order valence-electron chi connectivity index (χ2n) is 5.05. The Hall–Kier alpha value is -2.08. The summed E-state index contributed by atoms with van der Waals surface area (Å²) in [6.45, 7) is 3.43. The van der Waals surface area contributed by atoms with E-state index in [2.05, 4.69) is 5.32 Å². The molecule has 6 heteroatoms. The molecule has 5 N–H and O–H groups in total. The van der Waals surface area contributed by atoms with Gasteiger partial charge in [-0.2, -0.15) is 0 Å². The zero-order valence-corrected chi connectivity index (χ0v) is 11.5. The number of carbonyl (C=O) groups excluding carboxylic acids is 1. The lowest BCUT2D eigenvalue weighted by molar-refractivity contribution is -0.143. The van der Waals surface area contributed by atoms with Crippen LogP contribution in [-0.2, 0) is 16.0 Å². The zero-order valence-electron chi connectivity index (χ0n) is 11.5. The normalized spacial score (nSPS) is 13.8. The standard InChI is InChI=1S/C14H20N2O4/c1-8(2)12(14(19)20)16-13(18)11(15)7-9-3-5-10(17)6-4-9/h3-6,8,11-12,17H,7,15H2,1-2H3,(H,16,18)(H,19,20)/t11-,12?/m1/s1. The molecule has 0 bridgehead atoms. The van der Waals surface area contributed by atoms with Crippen molar-refractivity contribution in [3.05, 3.63) is 29.8 Å². The fourth-order valence-corrected chi connectivity index (χ4v) is 1.75. The molecule has 0 spiro atoms. The number of hydrogen-bond acceptors (Lipinski definition) is 4. The lowest BCUT2D eigenvalue weighted by atomic mass is 10.0. The number of nitrogens with one attached hydrogen (secondary N) is 1. The summed E-state index contributed by atoms with van der Waals surface area (Å²) in [4.78, 5) is 22.9. The van der Waals surface area contributed by atoms with E-state index in [1.807, 2.05) is 0 Å². The average Bonchev–Trinajstić information content (AvgIpc) is 2.37. The topological polar surface area (TPSA) is 113 Å². The van der Waals surface area contributed by atoms with Crippen molar-refractivity contribution in [1.82, 2.24) is 5.32 Å². The summed E-state index contributed by atoms with van der Waals surface area (Å²) in [6.07, 6.45) is 0.274. The second-order valence-corrected chi connectivity index (χ2v) is 5.05. The summed E-state index contributed by atoms with van der Waals surface area (Å²) in [5, 5.41) is 20.6. The molecule has 0 saturated carbocycles. The van der Waals surface area contributed by atoms with Crippen LogP contribution < -0.4 is 11.1 Å². The van der Waals surface area contributed by atoms with E-state index in [4.69, 9.17) is 15.9 Å². The predicted molar refractivity (Wildman–Crippen MR) is 74.2 cm³/mol. The Morgan fingerprint density at radius 3 is 2.25 bits per heavy atom. The molecule has 0 radical (unpaired) electrons. The minimum Gasteiger partial charge on any atom is -0.508 e. The van der Waals surface area contributed by atoms with Crippen molar-refractivity contribution in [2.75, 3.05) is 0 Å². The Labute approximate surface area is 117 Å². The highest BCUT2D eigenvalue weighted by Crippen LogP contribution is 2.11. The van der Waals surface area contributed by atoms with Crippen LogP contribution in [0.3, 0.4) is 0 Å². The van der Waals surface area contributed by atoms with Gasteiger partial charge in [-0.15, -0.1) is 0 Å². The highest BCUT2D eigenvalue weighted by molar-refractivity contribution is 5.87. The van der Waals surface area contributed by atoms with E-state index in [1.54, 1.807) is 26.0 Å². The van der Waals surface area contributed by atoms with Gasteiger partial charge in [0, 0.05) is 0 Å². The van der Waals surface area contributed by atoms with Crippen LogP contribution in [0.15, 0.2) is 24.3 Å². The first-order chi connectivity index (χ1) is 9.31. The summed E-state index contributed by atoms with van der Waals surface area (Å²) in [7, 11) is 0. The zero-order chi connectivity index (χ0) is 15.3. The first kappa shape index (κ1) is 16.0.